The van der Waals surface area contributed by atoms with Crippen LogP contribution in [-0.4, -0.2) is 48.6 Å². The normalized spacial score (nSPS) is 16.1. The summed E-state index contributed by atoms with van der Waals surface area (Å²) in [5.41, 5.74) is 0. The van der Waals surface area contributed by atoms with E-state index in [2.05, 4.69) is 22.7 Å². The van der Waals surface area contributed by atoms with Gasteiger partial charge in [-0.1, -0.05) is 12.1 Å². The van der Waals surface area contributed by atoms with Crippen molar-refractivity contribution < 1.29 is 14.1 Å². The van der Waals surface area contributed by atoms with Gasteiger partial charge in [-0.3, -0.25) is 9.59 Å². The van der Waals surface area contributed by atoms with Crippen molar-refractivity contribution in [2.24, 2.45) is 11.8 Å². The van der Waals surface area contributed by atoms with E-state index in [0.717, 1.165) is 25.9 Å². The van der Waals surface area contributed by atoms with Gasteiger partial charge in [0.1, 0.15) is 5.76 Å². The van der Waals surface area contributed by atoms with Gasteiger partial charge in [-0.2, -0.15) is 0 Å². The second-order valence-corrected chi connectivity index (χ2v) is 6.39. The Labute approximate surface area is 148 Å². The molecule has 1 atom stereocenters. The van der Waals surface area contributed by atoms with Crippen molar-refractivity contribution in [1.82, 2.24) is 15.4 Å². The number of likely N-dealkylation sites (N-methyl/N-ethyl adjacent to an activating group) is 1. The zero-order valence-electron chi connectivity index (χ0n) is 14.5. The van der Waals surface area contributed by atoms with Crippen LogP contribution in [0.25, 0.3) is 0 Å². The lowest BCUT2D eigenvalue weighted by Crippen LogP contribution is -2.37. The molecule has 0 bridgehead atoms. The molecule has 1 aliphatic rings. The third-order valence-electron chi connectivity index (χ3n) is 4.39. The molecule has 0 aromatic carbocycles. The Hall–Kier alpha value is -1.60. The lowest BCUT2D eigenvalue weighted by molar-refractivity contribution is -0.134. The summed E-state index contributed by atoms with van der Waals surface area (Å²) in [6.45, 7) is 5.95. The fourth-order valence-electron chi connectivity index (χ4n) is 2.92. The van der Waals surface area contributed by atoms with Gasteiger partial charge in [0.25, 0.3) is 0 Å². The topological polar surface area (TPSA) is 87.5 Å². The predicted molar refractivity (Wildman–Crippen MR) is 94.1 cm³/mol. The number of amides is 2. The molecule has 2 amide bonds. The quantitative estimate of drug-likeness (QED) is 0.810. The standard InChI is InChI=1S/C16H26N4O3.ClH/c1-11(13-4-6-17-7-5-13)8-16(22)20(3)10-15(21)18-14-9-12(2)23-19-14;/h9,11,13,17H,4-8,10H2,1-3H3,(H,18,19,21);1H. The first kappa shape index (κ1) is 20.4. The molecule has 2 heterocycles. The Balaban J connectivity index is 0.00000288. The van der Waals surface area contributed by atoms with Gasteiger partial charge in [-0.05, 0) is 44.7 Å². The molecule has 7 nitrogen and oxygen atoms in total. The number of carbonyl (C=O) groups is 2. The number of piperidine rings is 1. The number of carbonyl (C=O) groups excluding carboxylic acids is 2. The molecule has 1 unspecified atom stereocenters. The van der Waals surface area contributed by atoms with E-state index in [4.69, 9.17) is 4.52 Å². The number of halogens is 1. The number of aromatic nitrogens is 1. The summed E-state index contributed by atoms with van der Waals surface area (Å²) in [6, 6.07) is 1.64. The van der Waals surface area contributed by atoms with Crippen LogP contribution in [-0.2, 0) is 9.59 Å². The lowest BCUT2D eigenvalue weighted by atomic mass is 9.84. The van der Waals surface area contributed by atoms with Crippen LogP contribution in [0, 0.1) is 18.8 Å². The molecule has 2 N–H and O–H groups in total. The zero-order chi connectivity index (χ0) is 16.8. The summed E-state index contributed by atoms with van der Waals surface area (Å²) in [5.74, 6) is 1.65. The van der Waals surface area contributed by atoms with Crippen molar-refractivity contribution in [1.29, 1.82) is 0 Å². The first-order chi connectivity index (χ1) is 11.0. The van der Waals surface area contributed by atoms with E-state index in [1.165, 1.54) is 4.90 Å². The maximum atomic E-state index is 12.3. The molecule has 1 aromatic heterocycles. The summed E-state index contributed by atoms with van der Waals surface area (Å²) in [7, 11) is 1.66. The number of nitrogens with zero attached hydrogens (tertiary/aromatic N) is 2. The Kier molecular flexibility index (Phi) is 8.21. The van der Waals surface area contributed by atoms with Gasteiger partial charge in [0.15, 0.2) is 5.82 Å². The number of rotatable bonds is 6. The molecule has 1 aliphatic heterocycles. The molecule has 0 aliphatic carbocycles. The second kappa shape index (κ2) is 9.64. The molecule has 1 fully saturated rings. The van der Waals surface area contributed by atoms with Crippen LogP contribution in [0.5, 0.6) is 0 Å². The van der Waals surface area contributed by atoms with Crippen molar-refractivity contribution in [3.63, 3.8) is 0 Å². The lowest BCUT2D eigenvalue weighted by Gasteiger charge is -2.29. The summed E-state index contributed by atoms with van der Waals surface area (Å²) in [6.07, 6.45) is 2.71. The molecule has 0 radical (unpaired) electrons. The van der Waals surface area contributed by atoms with E-state index in [1.54, 1.807) is 20.0 Å². The number of aryl methyl sites for hydroxylation is 1. The Bertz CT molecular complexity index is 543. The highest BCUT2D eigenvalue weighted by molar-refractivity contribution is 5.93. The number of anilines is 1. The fraction of sp³-hybridized carbons (Fsp3) is 0.688. The van der Waals surface area contributed by atoms with E-state index in [9.17, 15) is 9.59 Å². The van der Waals surface area contributed by atoms with E-state index >= 15 is 0 Å². The highest BCUT2D eigenvalue weighted by atomic mass is 35.5. The molecule has 1 saturated heterocycles. The summed E-state index contributed by atoms with van der Waals surface area (Å²) < 4.78 is 4.89. The molecule has 24 heavy (non-hydrogen) atoms. The Morgan fingerprint density at radius 1 is 1.46 bits per heavy atom. The molecule has 8 heteroatoms. The minimum Gasteiger partial charge on any atom is -0.360 e. The highest BCUT2D eigenvalue weighted by Gasteiger charge is 2.24. The number of hydrogen-bond acceptors (Lipinski definition) is 5. The highest BCUT2D eigenvalue weighted by Crippen LogP contribution is 2.24. The van der Waals surface area contributed by atoms with Crippen LogP contribution in [0.15, 0.2) is 10.6 Å². The minimum absolute atomic E-state index is 0. The van der Waals surface area contributed by atoms with Crippen molar-refractivity contribution in [3.05, 3.63) is 11.8 Å². The smallest absolute Gasteiger partial charge is 0.245 e. The van der Waals surface area contributed by atoms with Crippen LogP contribution < -0.4 is 10.6 Å². The van der Waals surface area contributed by atoms with E-state index in [0.29, 0.717) is 29.8 Å². The van der Waals surface area contributed by atoms with Crippen LogP contribution in [0.1, 0.15) is 31.9 Å². The second-order valence-electron chi connectivity index (χ2n) is 6.39. The van der Waals surface area contributed by atoms with Crippen LogP contribution in [0.3, 0.4) is 0 Å². The van der Waals surface area contributed by atoms with Gasteiger partial charge >= 0.3 is 0 Å². The summed E-state index contributed by atoms with van der Waals surface area (Å²) in [5, 5.41) is 9.66. The maximum Gasteiger partial charge on any atom is 0.245 e. The molecule has 136 valence electrons. The molecule has 1 aromatic rings. The Morgan fingerprint density at radius 2 is 2.12 bits per heavy atom. The van der Waals surface area contributed by atoms with Gasteiger partial charge in [-0.25, -0.2) is 0 Å². The summed E-state index contributed by atoms with van der Waals surface area (Å²) in [4.78, 5) is 25.7. The van der Waals surface area contributed by atoms with Gasteiger partial charge in [0, 0.05) is 19.5 Å². The molecular weight excluding hydrogens is 332 g/mol. The maximum absolute atomic E-state index is 12.3. The van der Waals surface area contributed by atoms with Gasteiger partial charge in [0.05, 0.1) is 6.54 Å². The third-order valence-corrected chi connectivity index (χ3v) is 4.39. The zero-order valence-corrected chi connectivity index (χ0v) is 15.3. The predicted octanol–water partition coefficient (Wildman–Crippen LogP) is 1.83. The van der Waals surface area contributed by atoms with Crippen LogP contribution in [0.4, 0.5) is 5.82 Å². The van der Waals surface area contributed by atoms with Crippen molar-refractivity contribution in [2.75, 3.05) is 32.0 Å². The van der Waals surface area contributed by atoms with Gasteiger partial charge < -0.3 is 20.1 Å². The van der Waals surface area contributed by atoms with E-state index < -0.39 is 0 Å². The number of hydrogen-bond donors (Lipinski definition) is 2. The third kappa shape index (κ3) is 6.13. The molecule has 2 rings (SSSR count). The summed E-state index contributed by atoms with van der Waals surface area (Å²) >= 11 is 0. The van der Waals surface area contributed by atoms with E-state index in [1.807, 2.05) is 0 Å². The fourth-order valence-corrected chi connectivity index (χ4v) is 2.92. The average molecular weight is 359 g/mol. The van der Waals surface area contributed by atoms with Gasteiger partial charge in [-0.15, -0.1) is 12.4 Å². The molecular formula is C16H27ClN4O3. The SMILES string of the molecule is Cc1cc(NC(=O)CN(C)C(=O)CC(C)C2CCNCC2)no1.Cl. The molecule has 0 saturated carbocycles. The van der Waals surface area contributed by atoms with Crippen molar-refractivity contribution in [3.8, 4) is 0 Å². The monoisotopic (exact) mass is 358 g/mol. The minimum atomic E-state index is -0.274. The molecule has 0 spiro atoms. The first-order valence-electron chi connectivity index (χ1n) is 8.13. The van der Waals surface area contributed by atoms with Crippen molar-refractivity contribution >= 4 is 30.0 Å². The van der Waals surface area contributed by atoms with Crippen LogP contribution in [0.2, 0.25) is 0 Å². The van der Waals surface area contributed by atoms with E-state index in [-0.39, 0.29) is 30.8 Å². The van der Waals surface area contributed by atoms with Crippen molar-refractivity contribution in [2.45, 2.75) is 33.1 Å². The largest absolute Gasteiger partial charge is 0.360 e. The van der Waals surface area contributed by atoms with Crippen LogP contribution >= 0.6 is 12.4 Å². The van der Waals surface area contributed by atoms with Gasteiger partial charge in [0.2, 0.25) is 11.8 Å². The average Bonchev–Trinajstić information content (AvgIpc) is 2.92. The Morgan fingerprint density at radius 3 is 2.71 bits per heavy atom. The first-order valence-corrected chi connectivity index (χ1v) is 8.13. The number of nitrogens with one attached hydrogen (secondary N) is 2.